The summed E-state index contributed by atoms with van der Waals surface area (Å²) in [6, 6.07) is 8.99. The summed E-state index contributed by atoms with van der Waals surface area (Å²) in [7, 11) is 0. The maximum Gasteiger partial charge on any atom is 0.410 e. The van der Waals surface area contributed by atoms with Crippen LogP contribution in [0.5, 0.6) is 0 Å². The van der Waals surface area contributed by atoms with Crippen molar-refractivity contribution in [2.75, 3.05) is 56.0 Å². The van der Waals surface area contributed by atoms with Crippen LogP contribution in [0.15, 0.2) is 47.4 Å². The summed E-state index contributed by atoms with van der Waals surface area (Å²) < 4.78 is 22.5. The molecule has 1 aliphatic carbocycles. The number of nitrogens with one attached hydrogen (secondary N) is 4. The average molecular weight is 793 g/mol. The molecule has 0 bridgehead atoms. The predicted molar refractivity (Wildman–Crippen MR) is 213 cm³/mol. The lowest BCUT2D eigenvalue weighted by molar-refractivity contribution is -0.146. The number of halogens is 1. The first-order chi connectivity index (χ1) is 27.4. The van der Waals surface area contributed by atoms with Gasteiger partial charge in [0.05, 0.1) is 11.2 Å². The van der Waals surface area contributed by atoms with E-state index >= 15 is 4.39 Å². The molecular weight excluding hydrogens is 739 g/mol. The Kier molecular flexibility index (Phi) is 14.3. The molecule has 0 spiro atoms. The lowest BCUT2D eigenvalue weighted by Gasteiger charge is -2.36. The number of nitrogens with zero attached hydrogens (tertiary/aromatic N) is 3. The van der Waals surface area contributed by atoms with Gasteiger partial charge in [-0.15, -0.1) is 0 Å². The van der Waals surface area contributed by atoms with Gasteiger partial charge in [0.1, 0.15) is 23.4 Å². The van der Waals surface area contributed by atoms with Gasteiger partial charge in [-0.3, -0.25) is 14.4 Å². The smallest absolute Gasteiger partial charge is 0.410 e. The van der Waals surface area contributed by atoms with Crippen molar-refractivity contribution in [1.29, 1.82) is 0 Å². The summed E-state index contributed by atoms with van der Waals surface area (Å²) >= 11 is 0. The Morgan fingerprint density at radius 1 is 0.965 bits per heavy atom. The van der Waals surface area contributed by atoms with Crippen LogP contribution in [0.3, 0.4) is 0 Å². The predicted octanol–water partition coefficient (Wildman–Crippen LogP) is 3.75. The summed E-state index contributed by atoms with van der Waals surface area (Å²) in [6.07, 6.45) is 5.40. The number of carbonyl (C=O) groups is 5. The first kappa shape index (κ1) is 42.3. The number of aromatic nitrogens is 1. The Morgan fingerprint density at radius 3 is 2.30 bits per heavy atom. The number of aromatic carboxylic acids is 1. The van der Waals surface area contributed by atoms with Gasteiger partial charge in [0.15, 0.2) is 0 Å². The average Bonchev–Trinajstić information content (AvgIpc) is 3.21. The molecule has 5 amide bonds. The van der Waals surface area contributed by atoms with Crippen molar-refractivity contribution in [3.05, 3.63) is 69.8 Å². The van der Waals surface area contributed by atoms with Gasteiger partial charge < -0.3 is 51.2 Å². The quantitative estimate of drug-likeness (QED) is 0.0912. The molecule has 7 N–H and O–H groups in total. The number of hydrogen-bond acceptors (Lipinski definition) is 9. The highest BCUT2D eigenvalue weighted by atomic mass is 19.1. The normalized spacial score (nSPS) is 15.7. The molecule has 1 saturated carbocycles. The van der Waals surface area contributed by atoms with Crippen molar-refractivity contribution in [3.63, 3.8) is 0 Å². The van der Waals surface area contributed by atoms with Gasteiger partial charge in [-0.05, 0) is 69.4 Å². The third kappa shape index (κ3) is 10.3. The SMILES string of the molecule is CCNC(=O)C1(C(=O)N[C@@H](CCCNC(N)=O)CNc2ccc(COC(=O)N3CCN(c4cc5c(cc4F)c(=O)c(C(=O)O)cn5CC)CC3)cc2)CCCCC1. The Hall–Kier alpha value is -5.87. The number of nitrogens with two attached hydrogens (primary N) is 1. The van der Waals surface area contributed by atoms with Crippen molar-refractivity contribution in [2.45, 2.75) is 78.0 Å². The Labute approximate surface area is 330 Å². The summed E-state index contributed by atoms with van der Waals surface area (Å²) in [6.45, 7) is 6.37. The molecule has 1 aromatic heterocycles. The minimum Gasteiger partial charge on any atom is -0.477 e. The highest BCUT2D eigenvalue weighted by Crippen LogP contribution is 2.37. The van der Waals surface area contributed by atoms with E-state index in [1.54, 1.807) is 27.4 Å². The van der Waals surface area contributed by atoms with Crippen LogP contribution >= 0.6 is 0 Å². The summed E-state index contributed by atoms with van der Waals surface area (Å²) in [5, 5.41) is 21.3. The molecule has 0 radical (unpaired) electrons. The van der Waals surface area contributed by atoms with Crippen molar-refractivity contribution < 1.29 is 38.2 Å². The van der Waals surface area contributed by atoms with Crippen LogP contribution in [0.1, 0.15) is 74.7 Å². The fourth-order valence-corrected chi connectivity index (χ4v) is 7.53. The summed E-state index contributed by atoms with van der Waals surface area (Å²) in [5.74, 6) is -2.56. The number of hydrogen-bond donors (Lipinski definition) is 6. The number of pyridine rings is 1. The fourth-order valence-electron chi connectivity index (χ4n) is 7.53. The van der Waals surface area contributed by atoms with Crippen LogP contribution in [-0.2, 0) is 27.5 Å². The molecule has 3 aromatic rings. The number of aryl methyl sites for hydroxylation is 1. The number of carboxylic acids is 1. The van der Waals surface area contributed by atoms with E-state index in [1.807, 2.05) is 31.2 Å². The minimum atomic E-state index is -1.37. The van der Waals surface area contributed by atoms with Gasteiger partial charge in [-0.2, -0.15) is 0 Å². The summed E-state index contributed by atoms with van der Waals surface area (Å²) in [5.41, 5.74) is 5.14. The van der Waals surface area contributed by atoms with E-state index in [1.165, 1.54) is 6.20 Å². The number of primary amides is 1. The van der Waals surface area contributed by atoms with Crippen molar-refractivity contribution in [3.8, 4) is 0 Å². The molecule has 2 aromatic carbocycles. The molecule has 1 atom stereocenters. The number of benzene rings is 2. The van der Waals surface area contributed by atoms with Gasteiger partial charge in [0, 0.05) is 75.7 Å². The first-order valence-electron chi connectivity index (χ1n) is 19.6. The second kappa shape index (κ2) is 19.3. The van der Waals surface area contributed by atoms with Gasteiger partial charge >= 0.3 is 18.1 Å². The largest absolute Gasteiger partial charge is 0.477 e. The Morgan fingerprint density at radius 2 is 1.67 bits per heavy atom. The number of carbonyl (C=O) groups excluding carboxylic acids is 4. The number of carboxylic acid groups (broad SMARTS) is 1. The fraction of sp³-hybridized carbons (Fsp3) is 0.500. The van der Waals surface area contributed by atoms with E-state index in [0.717, 1.165) is 36.6 Å². The zero-order valence-corrected chi connectivity index (χ0v) is 32.5. The van der Waals surface area contributed by atoms with Crippen LogP contribution in [0.2, 0.25) is 0 Å². The molecule has 2 heterocycles. The second-order valence-corrected chi connectivity index (χ2v) is 14.5. The van der Waals surface area contributed by atoms with E-state index in [9.17, 15) is 33.9 Å². The monoisotopic (exact) mass is 792 g/mol. The number of piperazine rings is 1. The van der Waals surface area contributed by atoms with E-state index in [-0.39, 0.29) is 48.6 Å². The zero-order valence-electron chi connectivity index (χ0n) is 32.5. The molecule has 2 fully saturated rings. The van der Waals surface area contributed by atoms with Gasteiger partial charge in [-0.1, -0.05) is 31.4 Å². The maximum absolute atomic E-state index is 15.3. The molecule has 16 nitrogen and oxygen atoms in total. The lowest BCUT2D eigenvalue weighted by atomic mass is 9.72. The topological polar surface area (TPSA) is 217 Å². The Bertz CT molecular complexity index is 1990. The molecule has 17 heteroatoms. The number of fused-ring (bicyclic) bond motifs is 1. The molecule has 0 unspecified atom stereocenters. The second-order valence-electron chi connectivity index (χ2n) is 14.5. The Balaban J connectivity index is 1.14. The third-order valence-electron chi connectivity index (χ3n) is 10.7. The number of ether oxygens (including phenoxy) is 1. The first-order valence-corrected chi connectivity index (χ1v) is 19.6. The van der Waals surface area contributed by atoms with Crippen LogP contribution in [-0.4, -0.2) is 96.3 Å². The van der Waals surface area contributed by atoms with E-state index in [4.69, 9.17) is 10.5 Å². The number of amides is 5. The van der Waals surface area contributed by atoms with Gasteiger partial charge in [0.2, 0.25) is 17.2 Å². The molecular formula is C40H53FN8O8. The van der Waals surface area contributed by atoms with E-state index < -0.39 is 40.3 Å². The molecule has 2 aliphatic rings. The number of urea groups is 1. The van der Waals surface area contributed by atoms with Crippen LogP contribution < -0.4 is 37.3 Å². The molecule has 57 heavy (non-hydrogen) atoms. The van der Waals surface area contributed by atoms with E-state index in [0.29, 0.717) is 70.5 Å². The highest BCUT2D eigenvalue weighted by molar-refractivity contribution is 6.05. The van der Waals surface area contributed by atoms with Crippen LogP contribution in [0.4, 0.5) is 25.4 Å². The maximum atomic E-state index is 15.3. The van der Waals surface area contributed by atoms with Crippen molar-refractivity contribution in [2.24, 2.45) is 11.1 Å². The summed E-state index contributed by atoms with van der Waals surface area (Å²) in [4.78, 5) is 78.6. The van der Waals surface area contributed by atoms with E-state index in [2.05, 4.69) is 21.3 Å². The molecule has 308 valence electrons. The van der Waals surface area contributed by atoms with Gasteiger partial charge in [-0.25, -0.2) is 18.8 Å². The third-order valence-corrected chi connectivity index (χ3v) is 10.7. The molecule has 1 aliphatic heterocycles. The zero-order chi connectivity index (χ0) is 41.1. The van der Waals surface area contributed by atoms with Crippen molar-refractivity contribution >= 4 is 52.2 Å². The highest BCUT2D eigenvalue weighted by Gasteiger charge is 2.46. The van der Waals surface area contributed by atoms with Crippen molar-refractivity contribution in [1.82, 2.24) is 25.4 Å². The number of anilines is 2. The standard InChI is InChI=1S/C40H53FN8O8/c1-3-43-36(53)40(14-6-5-7-15-40)37(54)46-28(9-8-16-44-38(42)55)23-45-27-12-10-26(11-13-27)25-57-39(56)49-19-17-48(18-20-49)33-22-32-29(21-31(33)41)34(50)30(35(51)52)24-47(32)4-2/h10-13,21-22,24,28,45H,3-9,14-20,23,25H2,1-2H3,(H,43,53)(H,46,54)(H,51,52)(H3,42,44,55)/t28-/m0/s1. The molecule has 5 rings (SSSR count). The van der Waals surface area contributed by atoms with Crippen LogP contribution in [0, 0.1) is 11.2 Å². The number of rotatable bonds is 16. The van der Waals surface area contributed by atoms with Gasteiger partial charge in [0.25, 0.3) is 0 Å². The minimum absolute atomic E-state index is 0.00887. The molecule has 1 saturated heterocycles. The lowest BCUT2D eigenvalue weighted by Crippen LogP contribution is -2.55. The van der Waals surface area contributed by atoms with Crippen LogP contribution in [0.25, 0.3) is 10.9 Å².